The number of benzene rings is 1. The number of amides is 1. The fraction of sp³-hybridized carbons (Fsp3) is 0.182. The Kier molecular flexibility index (Phi) is 5.30. The van der Waals surface area contributed by atoms with E-state index in [1.165, 1.54) is 0 Å². The lowest BCUT2D eigenvalue weighted by Crippen LogP contribution is -2.15. The lowest BCUT2D eigenvalue weighted by Gasteiger charge is -2.11. The van der Waals surface area contributed by atoms with Crippen molar-refractivity contribution in [1.82, 2.24) is 19.6 Å². The van der Waals surface area contributed by atoms with Crippen molar-refractivity contribution in [2.24, 2.45) is 0 Å². The van der Waals surface area contributed by atoms with Gasteiger partial charge in [0.1, 0.15) is 11.4 Å². The molecule has 4 rings (SSSR count). The minimum Gasteiger partial charge on any atom is -0.493 e. The van der Waals surface area contributed by atoms with Crippen LogP contribution in [0.1, 0.15) is 23.1 Å². The van der Waals surface area contributed by atoms with Gasteiger partial charge in [-0.1, -0.05) is 13.0 Å². The first-order valence-electron chi connectivity index (χ1n) is 9.47. The fourth-order valence-electron chi connectivity index (χ4n) is 3.15. The highest BCUT2D eigenvalue weighted by atomic mass is 16.5. The van der Waals surface area contributed by atoms with Crippen LogP contribution in [-0.2, 0) is 6.42 Å². The Morgan fingerprint density at radius 1 is 1.03 bits per heavy atom. The second-order valence-electron chi connectivity index (χ2n) is 6.52. The normalized spacial score (nSPS) is 10.8. The molecule has 0 aliphatic carbocycles. The number of hydrogen-bond acceptors (Lipinski definition) is 6. The Labute approximate surface area is 173 Å². The third-order valence-corrected chi connectivity index (χ3v) is 4.66. The predicted octanol–water partition coefficient (Wildman–Crippen LogP) is 3.62. The number of carbonyl (C=O) groups is 1. The minimum atomic E-state index is -0.319. The first kappa shape index (κ1) is 19.4. The van der Waals surface area contributed by atoms with Crippen LogP contribution in [0, 0.1) is 0 Å². The molecule has 0 radical (unpaired) electrons. The maximum absolute atomic E-state index is 12.9. The monoisotopic (exact) mass is 403 g/mol. The Bertz CT molecular complexity index is 1200. The van der Waals surface area contributed by atoms with Gasteiger partial charge in [-0.2, -0.15) is 5.10 Å². The summed E-state index contributed by atoms with van der Waals surface area (Å²) in [6.07, 6.45) is 2.41. The molecule has 0 saturated heterocycles. The van der Waals surface area contributed by atoms with Gasteiger partial charge >= 0.3 is 0 Å². The Balaban J connectivity index is 1.67. The van der Waals surface area contributed by atoms with Gasteiger partial charge in [0.2, 0.25) is 0 Å². The largest absolute Gasteiger partial charge is 0.493 e. The van der Waals surface area contributed by atoms with Crippen molar-refractivity contribution in [1.29, 1.82) is 0 Å². The van der Waals surface area contributed by atoms with Crippen LogP contribution in [0.25, 0.3) is 17.0 Å². The van der Waals surface area contributed by atoms with Crippen molar-refractivity contribution in [3.05, 3.63) is 66.1 Å². The molecule has 1 N–H and O–H groups in total. The predicted molar refractivity (Wildman–Crippen MR) is 113 cm³/mol. The first-order chi connectivity index (χ1) is 14.6. The molecule has 30 heavy (non-hydrogen) atoms. The van der Waals surface area contributed by atoms with E-state index in [4.69, 9.17) is 9.47 Å². The molecule has 0 unspecified atom stereocenters. The van der Waals surface area contributed by atoms with Gasteiger partial charge in [0.05, 0.1) is 19.9 Å². The fourth-order valence-corrected chi connectivity index (χ4v) is 3.15. The van der Waals surface area contributed by atoms with Gasteiger partial charge in [-0.25, -0.2) is 9.50 Å². The van der Waals surface area contributed by atoms with E-state index in [0.717, 1.165) is 11.4 Å². The molecule has 1 amide bonds. The summed E-state index contributed by atoms with van der Waals surface area (Å²) < 4.78 is 12.3. The number of hydrogen-bond donors (Lipinski definition) is 1. The number of rotatable bonds is 6. The van der Waals surface area contributed by atoms with E-state index in [1.54, 1.807) is 49.2 Å². The summed E-state index contributed by atoms with van der Waals surface area (Å²) in [4.78, 5) is 21.7. The van der Waals surface area contributed by atoms with Gasteiger partial charge in [-0.15, -0.1) is 0 Å². The van der Waals surface area contributed by atoms with E-state index in [0.29, 0.717) is 40.6 Å². The maximum Gasteiger partial charge on any atom is 0.274 e. The second kappa shape index (κ2) is 8.20. The lowest BCUT2D eigenvalue weighted by atomic mass is 10.2. The number of fused-ring (bicyclic) bond motifs is 1. The van der Waals surface area contributed by atoms with E-state index < -0.39 is 0 Å². The molecule has 152 valence electrons. The quantitative estimate of drug-likeness (QED) is 0.529. The van der Waals surface area contributed by atoms with Crippen LogP contribution in [0.4, 0.5) is 5.69 Å². The Morgan fingerprint density at radius 3 is 2.57 bits per heavy atom. The molecule has 0 atom stereocenters. The van der Waals surface area contributed by atoms with Crippen LogP contribution < -0.4 is 14.8 Å². The first-order valence-corrected chi connectivity index (χ1v) is 9.47. The average molecular weight is 403 g/mol. The van der Waals surface area contributed by atoms with Crippen molar-refractivity contribution < 1.29 is 14.3 Å². The van der Waals surface area contributed by atoms with Crippen LogP contribution in [-0.4, -0.2) is 39.7 Å². The topological polar surface area (TPSA) is 90.6 Å². The molecule has 0 spiro atoms. The van der Waals surface area contributed by atoms with E-state index in [1.807, 2.05) is 31.2 Å². The number of pyridine rings is 1. The molecule has 0 aliphatic heterocycles. The average Bonchev–Trinajstić information content (AvgIpc) is 3.23. The van der Waals surface area contributed by atoms with Crippen LogP contribution in [0.5, 0.6) is 11.5 Å². The summed E-state index contributed by atoms with van der Waals surface area (Å²) in [5, 5.41) is 7.47. The van der Waals surface area contributed by atoms with Crippen molar-refractivity contribution in [3.63, 3.8) is 0 Å². The number of nitrogens with zero attached hydrogens (tertiary/aromatic N) is 4. The summed E-state index contributed by atoms with van der Waals surface area (Å²) in [5.74, 6) is 0.799. The number of ether oxygens (including phenoxy) is 2. The molecule has 4 aromatic rings. The number of aromatic nitrogens is 4. The smallest absolute Gasteiger partial charge is 0.274 e. The standard InChI is InChI=1S/C22H21N5O3/c1-4-15-12-18(22(28)24-14-8-9-19(29-2)20(11-14)30-3)25-21-13-17(26-27(15)21)16-7-5-6-10-23-16/h5-13H,4H2,1-3H3,(H,24,28). The second-order valence-corrected chi connectivity index (χ2v) is 6.52. The SMILES string of the molecule is CCc1cc(C(=O)Nc2ccc(OC)c(OC)c2)nc2cc(-c3ccccn3)nn12. The highest BCUT2D eigenvalue weighted by Gasteiger charge is 2.16. The van der Waals surface area contributed by atoms with Crippen LogP contribution in [0.3, 0.4) is 0 Å². The third-order valence-electron chi connectivity index (χ3n) is 4.66. The number of carbonyl (C=O) groups excluding carboxylic acids is 1. The molecule has 0 bridgehead atoms. The number of methoxy groups -OCH3 is 2. The van der Waals surface area contributed by atoms with Crippen LogP contribution in [0.15, 0.2) is 54.7 Å². The zero-order chi connectivity index (χ0) is 21.1. The van der Waals surface area contributed by atoms with Gasteiger partial charge < -0.3 is 14.8 Å². The molecule has 8 nitrogen and oxygen atoms in total. The van der Waals surface area contributed by atoms with Crippen molar-refractivity contribution in [3.8, 4) is 22.9 Å². The molecule has 0 fully saturated rings. The summed E-state index contributed by atoms with van der Waals surface area (Å²) in [5.41, 5.74) is 3.81. The molecule has 3 heterocycles. The molecule has 0 saturated carbocycles. The molecule has 1 aromatic carbocycles. The summed E-state index contributed by atoms with van der Waals surface area (Å²) in [7, 11) is 3.11. The minimum absolute atomic E-state index is 0.307. The Hall–Kier alpha value is -3.94. The molecule has 8 heteroatoms. The van der Waals surface area contributed by atoms with Crippen molar-refractivity contribution in [2.75, 3.05) is 19.5 Å². The summed E-state index contributed by atoms with van der Waals surface area (Å²) in [6.45, 7) is 2.01. The van der Waals surface area contributed by atoms with Gasteiger partial charge in [-0.05, 0) is 36.8 Å². The molecule has 3 aromatic heterocycles. The Morgan fingerprint density at radius 2 is 1.87 bits per heavy atom. The lowest BCUT2D eigenvalue weighted by molar-refractivity contribution is 0.102. The number of anilines is 1. The van der Waals surface area contributed by atoms with E-state index in [2.05, 4.69) is 20.4 Å². The molecule has 0 aliphatic rings. The van der Waals surface area contributed by atoms with E-state index in [9.17, 15) is 4.79 Å². The zero-order valence-electron chi connectivity index (χ0n) is 16.9. The number of nitrogens with one attached hydrogen (secondary N) is 1. The highest BCUT2D eigenvalue weighted by Crippen LogP contribution is 2.30. The maximum atomic E-state index is 12.9. The summed E-state index contributed by atoms with van der Waals surface area (Å²) >= 11 is 0. The molecular formula is C22H21N5O3. The van der Waals surface area contributed by atoms with Crippen LogP contribution >= 0.6 is 0 Å². The van der Waals surface area contributed by atoms with E-state index in [-0.39, 0.29) is 5.91 Å². The highest BCUT2D eigenvalue weighted by molar-refractivity contribution is 6.03. The van der Waals surface area contributed by atoms with Gasteiger partial charge in [0.15, 0.2) is 17.1 Å². The number of aryl methyl sites for hydroxylation is 1. The van der Waals surface area contributed by atoms with Crippen molar-refractivity contribution in [2.45, 2.75) is 13.3 Å². The molecular weight excluding hydrogens is 382 g/mol. The van der Waals surface area contributed by atoms with E-state index >= 15 is 0 Å². The zero-order valence-corrected chi connectivity index (χ0v) is 16.9. The van der Waals surface area contributed by atoms with Gasteiger partial charge in [0.25, 0.3) is 5.91 Å². The van der Waals surface area contributed by atoms with Crippen LogP contribution in [0.2, 0.25) is 0 Å². The van der Waals surface area contributed by atoms with Gasteiger partial charge in [0, 0.05) is 29.7 Å². The van der Waals surface area contributed by atoms with Crippen molar-refractivity contribution >= 4 is 17.2 Å². The summed E-state index contributed by atoms with van der Waals surface area (Å²) in [6, 6.07) is 14.4. The van der Waals surface area contributed by atoms with Gasteiger partial charge in [-0.3, -0.25) is 9.78 Å². The third kappa shape index (κ3) is 3.67.